The van der Waals surface area contributed by atoms with Crippen molar-refractivity contribution in [3.05, 3.63) is 97.9 Å². The Morgan fingerprint density at radius 1 is 0.969 bits per heavy atom. The predicted molar refractivity (Wildman–Crippen MR) is 145 cm³/mol. The molecule has 0 saturated carbocycles. The van der Waals surface area contributed by atoms with Crippen molar-refractivity contribution in [3.63, 3.8) is 0 Å². The van der Waals surface area contributed by atoms with E-state index in [-0.39, 0.29) is 6.03 Å². The smallest absolute Gasteiger partial charge is 0.320 e. The molecule has 4 rings (SSSR count). The lowest BCUT2D eigenvalue weighted by Crippen LogP contribution is -2.53. The first-order chi connectivity index (χ1) is 15.5. The van der Waals surface area contributed by atoms with Gasteiger partial charge in [-0.2, -0.15) is 0 Å². The van der Waals surface area contributed by atoms with Gasteiger partial charge in [0, 0.05) is 51.6 Å². The molecule has 1 unspecified atom stereocenters. The molecular formula is C25H22BrCl2IN2O. The van der Waals surface area contributed by atoms with E-state index in [0.29, 0.717) is 42.0 Å². The van der Waals surface area contributed by atoms with Crippen LogP contribution in [0.25, 0.3) is 0 Å². The number of benzene rings is 3. The molecule has 3 nitrogen and oxygen atoms in total. The highest BCUT2D eigenvalue weighted by Gasteiger charge is 2.32. The monoisotopic (exact) mass is 642 g/mol. The topological polar surface area (TPSA) is 23.6 Å². The zero-order chi connectivity index (χ0) is 22.7. The van der Waals surface area contributed by atoms with Crippen LogP contribution in [0.3, 0.4) is 0 Å². The van der Waals surface area contributed by atoms with E-state index < -0.39 is 0 Å². The second-order valence-corrected chi connectivity index (χ2v) is 10.5. The molecule has 3 aromatic carbocycles. The predicted octanol–water partition coefficient (Wildman–Crippen LogP) is 7.84. The Bertz CT molecular complexity index is 1100. The van der Waals surface area contributed by atoms with Gasteiger partial charge in [0.05, 0.1) is 5.02 Å². The van der Waals surface area contributed by atoms with Crippen LogP contribution in [0, 0.1) is 5.92 Å². The van der Waals surface area contributed by atoms with Crippen molar-refractivity contribution in [2.24, 2.45) is 5.92 Å². The summed E-state index contributed by atoms with van der Waals surface area (Å²) in [7, 11) is 0. The average Bonchev–Trinajstić information content (AvgIpc) is 2.81. The Kier molecular flexibility index (Phi) is 8.03. The van der Waals surface area contributed by atoms with Crippen LogP contribution in [-0.4, -0.2) is 28.4 Å². The first-order valence-corrected chi connectivity index (χ1v) is 13.4. The summed E-state index contributed by atoms with van der Waals surface area (Å²) in [4.78, 5) is 17.2. The molecule has 1 atom stereocenters. The lowest BCUT2D eigenvalue weighted by molar-refractivity contribution is 0.180. The third-order valence-corrected chi connectivity index (χ3v) is 8.23. The van der Waals surface area contributed by atoms with Crippen LogP contribution < -0.4 is 4.90 Å². The van der Waals surface area contributed by atoms with E-state index in [1.54, 1.807) is 0 Å². The number of nitrogens with zero attached hydrogens (tertiary/aromatic N) is 2. The average molecular weight is 644 g/mol. The van der Waals surface area contributed by atoms with Crippen molar-refractivity contribution in [2.45, 2.75) is 13.0 Å². The van der Waals surface area contributed by atoms with Crippen LogP contribution in [0.15, 0.2) is 71.2 Å². The van der Waals surface area contributed by atoms with Crippen molar-refractivity contribution in [1.82, 2.24) is 4.90 Å². The SMILES string of the molecule is O=C1N(Cc2ccc(Cl)c(Cc3ccccc3)c2Cl)CC(CI)CN1c1ccc(Br)cc1. The van der Waals surface area contributed by atoms with Gasteiger partial charge in [0.15, 0.2) is 0 Å². The van der Waals surface area contributed by atoms with Gasteiger partial charge in [-0.3, -0.25) is 4.90 Å². The van der Waals surface area contributed by atoms with Crippen molar-refractivity contribution >= 4 is 73.4 Å². The third-order valence-electron chi connectivity index (χ3n) is 5.63. The molecule has 0 spiro atoms. The molecule has 0 radical (unpaired) electrons. The molecule has 0 aromatic heterocycles. The number of rotatable bonds is 6. The highest BCUT2D eigenvalue weighted by atomic mass is 127. The van der Waals surface area contributed by atoms with Crippen molar-refractivity contribution in [2.75, 3.05) is 22.4 Å². The Hall–Kier alpha value is -1.28. The molecule has 32 heavy (non-hydrogen) atoms. The quantitative estimate of drug-likeness (QED) is 0.198. The molecule has 0 aliphatic carbocycles. The summed E-state index contributed by atoms with van der Waals surface area (Å²) in [6.45, 7) is 1.88. The summed E-state index contributed by atoms with van der Waals surface area (Å²) in [5.41, 5.74) is 3.87. The molecule has 1 aliphatic rings. The van der Waals surface area contributed by atoms with Crippen LogP contribution in [0.2, 0.25) is 10.0 Å². The number of hydrogen-bond donors (Lipinski definition) is 0. The van der Waals surface area contributed by atoms with Gasteiger partial charge in [0.25, 0.3) is 0 Å². The molecule has 1 saturated heterocycles. The van der Waals surface area contributed by atoms with Gasteiger partial charge in [-0.15, -0.1) is 0 Å². The van der Waals surface area contributed by atoms with Crippen LogP contribution in [0.5, 0.6) is 0 Å². The number of carbonyl (C=O) groups is 1. The fourth-order valence-corrected chi connectivity index (χ4v) is 5.34. The molecule has 2 amide bonds. The maximum absolute atomic E-state index is 13.4. The number of anilines is 1. The fraction of sp³-hybridized carbons (Fsp3) is 0.240. The zero-order valence-electron chi connectivity index (χ0n) is 17.3. The second-order valence-electron chi connectivity index (χ2n) is 7.93. The van der Waals surface area contributed by atoms with Crippen LogP contribution in [0.1, 0.15) is 16.7 Å². The number of amides is 2. The lowest BCUT2D eigenvalue weighted by atomic mass is 10.0. The molecular weight excluding hydrogens is 622 g/mol. The number of carbonyl (C=O) groups excluding carboxylic acids is 1. The standard InChI is InChI=1S/C25H22BrCl2IN2O/c26-20-7-9-21(10-8-20)31-15-18(13-29)14-30(25(31)32)16-19-6-11-23(27)22(24(19)28)12-17-4-2-1-3-5-17/h1-11,18H,12-16H2. The third kappa shape index (κ3) is 5.44. The Balaban J connectivity index is 1.60. The Morgan fingerprint density at radius 2 is 1.69 bits per heavy atom. The lowest BCUT2D eigenvalue weighted by Gasteiger charge is -2.40. The fourth-order valence-electron chi connectivity index (χ4n) is 3.96. The number of alkyl halides is 1. The maximum atomic E-state index is 13.4. The van der Waals surface area contributed by atoms with E-state index in [1.807, 2.05) is 64.4 Å². The minimum atomic E-state index is 0.00375. The molecule has 0 bridgehead atoms. The van der Waals surface area contributed by atoms with Gasteiger partial charge >= 0.3 is 6.03 Å². The van der Waals surface area contributed by atoms with E-state index in [1.165, 1.54) is 0 Å². The van der Waals surface area contributed by atoms with Gasteiger partial charge in [-0.05, 0) is 47.0 Å². The number of hydrogen-bond acceptors (Lipinski definition) is 1. The van der Waals surface area contributed by atoms with Crippen molar-refractivity contribution in [1.29, 1.82) is 0 Å². The highest BCUT2D eigenvalue weighted by Crippen LogP contribution is 2.33. The molecule has 1 fully saturated rings. The van der Waals surface area contributed by atoms with E-state index in [0.717, 1.165) is 31.3 Å². The summed E-state index contributed by atoms with van der Waals surface area (Å²) < 4.78 is 1.97. The first kappa shape index (κ1) is 23.9. The van der Waals surface area contributed by atoms with Crippen LogP contribution in [0.4, 0.5) is 10.5 Å². The highest BCUT2D eigenvalue weighted by molar-refractivity contribution is 14.1. The molecule has 1 aliphatic heterocycles. The van der Waals surface area contributed by atoms with Gasteiger partial charge in [0.1, 0.15) is 0 Å². The van der Waals surface area contributed by atoms with Gasteiger partial charge in [-0.1, -0.05) is 98.1 Å². The van der Waals surface area contributed by atoms with Crippen molar-refractivity contribution < 1.29 is 4.79 Å². The van der Waals surface area contributed by atoms with Crippen LogP contribution in [-0.2, 0) is 13.0 Å². The second kappa shape index (κ2) is 10.8. The van der Waals surface area contributed by atoms with Gasteiger partial charge in [-0.25, -0.2) is 4.79 Å². The minimum Gasteiger partial charge on any atom is -0.320 e. The molecule has 3 aromatic rings. The number of halogens is 4. The summed E-state index contributed by atoms with van der Waals surface area (Å²) >= 11 is 19.2. The van der Waals surface area contributed by atoms with Crippen LogP contribution >= 0.6 is 61.7 Å². The largest absolute Gasteiger partial charge is 0.324 e. The molecule has 166 valence electrons. The van der Waals surface area contributed by atoms with Crippen molar-refractivity contribution in [3.8, 4) is 0 Å². The Labute approximate surface area is 221 Å². The molecule has 7 heteroatoms. The minimum absolute atomic E-state index is 0.00375. The van der Waals surface area contributed by atoms with Gasteiger partial charge in [0.2, 0.25) is 0 Å². The summed E-state index contributed by atoms with van der Waals surface area (Å²) in [5, 5.41) is 1.29. The summed E-state index contributed by atoms with van der Waals surface area (Å²) in [6, 6.07) is 21.8. The van der Waals surface area contributed by atoms with E-state index in [2.05, 4.69) is 50.7 Å². The van der Waals surface area contributed by atoms with E-state index in [4.69, 9.17) is 23.2 Å². The molecule has 0 N–H and O–H groups in total. The van der Waals surface area contributed by atoms with Gasteiger partial charge < -0.3 is 4.90 Å². The number of urea groups is 1. The Morgan fingerprint density at radius 3 is 2.38 bits per heavy atom. The summed E-state index contributed by atoms with van der Waals surface area (Å²) in [5.74, 6) is 0.381. The zero-order valence-corrected chi connectivity index (χ0v) is 22.5. The van der Waals surface area contributed by atoms with E-state index >= 15 is 0 Å². The first-order valence-electron chi connectivity index (χ1n) is 10.3. The normalized spacial score (nSPS) is 16.5. The molecule has 1 heterocycles. The maximum Gasteiger partial charge on any atom is 0.324 e. The van der Waals surface area contributed by atoms with E-state index in [9.17, 15) is 4.79 Å². The summed E-state index contributed by atoms with van der Waals surface area (Å²) in [6.07, 6.45) is 0.654.